The Labute approximate surface area is 396 Å². The van der Waals surface area contributed by atoms with Crippen molar-refractivity contribution in [3.8, 4) is 68.7 Å². The summed E-state index contributed by atoms with van der Waals surface area (Å²) in [6.45, 7) is 12.9. The zero-order chi connectivity index (χ0) is 42.5. The minimum Gasteiger partial charge on any atom is -0.669 e. The van der Waals surface area contributed by atoms with Crippen molar-refractivity contribution in [2.75, 3.05) is 0 Å². The van der Waals surface area contributed by atoms with E-state index in [-0.39, 0.29) is 53.0 Å². The summed E-state index contributed by atoms with van der Waals surface area (Å²) in [4.78, 5) is 9.04. The maximum atomic E-state index is 6.57. The second-order valence-corrected chi connectivity index (χ2v) is 15.7. The van der Waals surface area contributed by atoms with Crippen LogP contribution >= 0.6 is 0 Å². The van der Waals surface area contributed by atoms with Crippen molar-refractivity contribution >= 4 is 0 Å². The molecule has 4 heterocycles. The van der Waals surface area contributed by atoms with E-state index in [1.54, 1.807) is 46.3 Å². The van der Waals surface area contributed by atoms with Crippen molar-refractivity contribution in [2.45, 2.75) is 52.4 Å². The molecule has 4 aromatic carbocycles. The molecule has 8 heteroatoms. The van der Waals surface area contributed by atoms with Gasteiger partial charge in [0, 0.05) is 91.4 Å². The molecule has 0 radical (unpaired) electrons. The Hall–Kier alpha value is -6.16. The number of pyridine rings is 2. The molecule has 4 aromatic heterocycles. The number of benzene rings is 4. The summed E-state index contributed by atoms with van der Waals surface area (Å²) in [5.74, 6) is 2.15. The third kappa shape index (κ3) is 13.4. The summed E-state index contributed by atoms with van der Waals surface area (Å²) >= 11 is 0. The van der Waals surface area contributed by atoms with Crippen LogP contribution in [0.3, 0.4) is 0 Å². The van der Waals surface area contributed by atoms with Gasteiger partial charge < -0.3 is 66.8 Å². The molecule has 0 aliphatic heterocycles. The second-order valence-electron chi connectivity index (χ2n) is 15.7. The summed E-state index contributed by atoms with van der Waals surface area (Å²) in [6, 6.07) is 57.7. The molecule has 0 aliphatic rings. The monoisotopic (exact) mass is 1170 g/mol. The Morgan fingerprint density at radius 3 is 1.16 bits per heavy atom. The molecule has 62 heavy (non-hydrogen) atoms. The Balaban J connectivity index is 0.000000447. The van der Waals surface area contributed by atoms with Crippen LogP contribution in [0.25, 0.3) is 33.4 Å². The molecular formula is C54H44N4O2Pt2-6. The SMILES string of the molecule is CC(C)(C)c1c[c-]c(-c2[c-]cc(C(C)(C)C)c(Oc3cc(-c4ccccc4)ccn3)[c-]2)[c-]c1Oc1cc(-c2ccccc2)ccn1.[C-]#Cn1cccc1.[C-]#Cn1cccc1.[Pt].[Pt]. The Morgan fingerprint density at radius 1 is 0.500 bits per heavy atom. The van der Waals surface area contributed by atoms with Gasteiger partial charge in [-0.1, -0.05) is 125 Å². The minimum atomic E-state index is -0.217. The quantitative estimate of drug-likeness (QED) is 0.118. The zero-order valence-electron chi connectivity index (χ0n) is 35.2. The van der Waals surface area contributed by atoms with E-state index in [0.717, 1.165) is 33.4 Å². The van der Waals surface area contributed by atoms with Gasteiger partial charge >= 0.3 is 0 Å². The fraction of sp³-hybridized carbons (Fsp3) is 0.148. The molecule has 0 spiro atoms. The summed E-state index contributed by atoms with van der Waals surface area (Å²) in [5, 5.41) is 0. The predicted octanol–water partition coefficient (Wildman–Crippen LogP) is 12.6. The Bertz CT molecular complexity index is 2500. The molecule has 0 N–H and O–H groups in total. The third-order valence-electron chi connectivity index (χ3n) is 9.12. The fourth-order valence-corrected chi connectivity index (χ4v) is 5.98. The van der Waals surface area contributed by atoms with E-state index in [2.05, 4.69) is 112 Å². The number of rotatable bonds is 7. The van der Waals surface area contributed by atoms with Crippen molar-refractivity contribution in [2.24, 2.45) is 0 Å². The van der Waals surface area contributed by atoms with Crippen molar-refractivity contribution in [1.82, 2.24) is 19.1 Å². The van der Waals surface area contributed by atoms with Crippen molar-refractivity contribution in [1.29, 1.82) is 0 Å². The van der Waals surface area contributed by atoms with E-state index >= 15 is 0 Å². The van der Waals surface area contributed by atoms with Crippen molar-refractivity contribution in [3.05, 3.63) is 207 Å². The van der Waals surface area contributed by atoms with Gasteiger partial charge in [0.25, 0.3) is 0 Å². The Morgan fingerprint density at radius 2 is 0.855 bits per heavy atom. The average molecular weight is 1170 g/mol. The summed E-state index contributed by atoms with van der Waals surface area (Å²) in [7, 11) is 0. The van der Waals surface area contributed by atoms with Crippen LogP contribution in [0.2, 0.25) is 0 Å². The van der Waals surface area contributed by atoms with Gasteiger partial charge in [0.15, 0.2) is 0 Å². The summed E-state index contributed by atoms with van der Waals surface area (Å²) in [5.41, 5.74) is 7.06. The normalized spacial score (nSPS) is 10.5. The first-order valence-electron chi connectivity index (χ1n) is 19.4. The van der Waals surface area contributed by atoms with Gasteiger partial charge in [-0.2, -0.15) is 11.1 Å². The molecule has 0 atom stereocenters. The van der Waals surface area contributed by atoms with E-state index < -0.39 is 0 Å². The van der Waals surface area contributed by atoms with Crippen molar-refractivity contribution in [3.63, 3.8) is 0 Å². The van der Waals surface area contributed by atoms with E-state index in [9.17, 15) is 0 Å². The number of nitrogens with zero attached hydrogens (tertiary/aromatic N) is 4. The van der Waals surface area contributed by atoms with Crippen LogP contribution in [0, 0.1) is 49.2 Å². The molecular weight excluding hydrogens is 1130 g/mol. The van der Waals surface area contributed by atoms with Crippen LogP contribution in [0.1, 0.15) is 52.7 Å². The molecule has 0 unspecified atom stereocenters. The van der Waals surface area contributed by atoms with Gasteiger partial charge in [0.2, 0.25) is 11.8 Å². The first-order valence-corrected chi connectivity index (χ1v) is 19.4. The largest absolute Gasteiger partial charge is 0.669 e. The molecule has 0 bridgehead atoms. The fourth-order valence-electron chi connectivity index (χ4n) is 5.98. The molecule has 0 saturated carbocycles. The topological polar surface area (TPSA) is 54.1 Å². The minimum absolute atomic E-state index is 0. The molecule has 318 valence electrons. The third-order valence-corrected chi connectivity index (χ3v) is 9.12. The second kappa shape index (κ2) is 22.6. The smallest absolute Gasteiger partial charge is 0.216 e. The first-order chi connectivity index (χ1) is 28.9. The predicted molar refractivity (Wildman–Crippen MR) is 238 cm³/mol. The van der Waals surface area contributed by atoms with Gasteiger partial charge in [-0.05, 0) is 58.7 Å². The van der Waals surface area contributed by atoms with E-state index in [1.807, 2.05) is 97.1 Å². The number of hydrogen-bond acceptors (Lipinski definition) is 4. The average Bonchev–Trinajstić information content (AvgIpc) is 4.00. The maximum Gasteiger partial charge on any atom is 0.216 e. The van der Waals surface area contributed by atoms with Gasteiger partial charge in [-0.3, -0.25) is 0 Å². The van der Waals surface area contributed by atoms with Crippen LogP contribution < -0.4 is 9.47 Å². The number of ether oxygens (including phenoxy) is 2. The van der Waals surface area contributed by atoms with Gasteiger partial charge in [0.05, 0.1) is 0 Å². The van der Waals surface area contributed by atoms with Crippen LogP contribution in [-0.4, -0.2) is 19.1 Å². The van der Waals surface area contributed by atoms with Crippen molar-refractivity contribution < 1.29 is 51.6 Å². The molecule has 0 fully saturated rings. The maximum absolute atomic E-state index is 6.57. The van der Waals surface area contributed by atoms with Crippen LogP contribution in [-0.2, 0) is 53.0 Å². The zero-order valence-corrected chi connectivity index (χ0v) is 39.8. The molecule has 0 amide bonds. The van der Waals surface area contributed by atoms with Gasteiger partial charge in [-0.25, -0.2) is 34.2 Å². The number of aromatic nitrogens is 4. The van der Waals surface area contributed by atoms with E-state index in [4.69, 9.17) is 22.3 Å². The van der Waals surface area contributed by atoms with E-state index in [0.29, 0.717) is 34.4 Å². The Kier molecular flexibility index (Phi) is 17.7. The van der Waals surface area contributed by atoms with Gasteiger partial charge in [0.1, 0.15) is 0 Å². The van der Waals surface area contributed by atoms with E-state index in [1.165, 1.54) is 0 Å². The van der Waals surface area contributed by atoms with Crippen LogP contribution in [0.5, 0.6) is 23.3 Å². The molecule has 0 aliphatic carbocycles. The number of hydrogen-bond donors (Lipinski definition) is 0. The summed E-state index contributed by atoms with van der Waals surface area (Å²) in [6.07, 6.45) is 23.7. The molecule has 8 rings (SSSR count). The van der Waals surface area contributed by atoms with Crippen LogP contribution in [0.15, 0.2) is 159 Å². The first kappa shape index (κ1) is 48.5. The van der Waals surface area contributed by atoms with Crippen LogP contribution in [0.4, 0.5) is 0 Å². The standard InChI is InChI=1S/C42H36N2O2.2C6H4N.2Pt/c1-41(2,3)35-19-17-31(25-37(35)45-39-27-33(21-23-43-39)29-13-9-7-10-14-29)32-18-20-36(42(4,5)6)38(26-32)46-40-28-34(22-24-44-40)30-15-11-8-12-16-30;2*1-2-7-5-3-4-6-7;;/h7-16,19-24,27-28H,1-6H3;2*3-6H;;/q-4;2*-1;;. The molecule has 6 nitrogen and oxygen atoms in total. The molecule has 0 saturated heterocycles. The summed E-state index contributed by atoms with van der Waals surface area (Å²) < 4.78 is 16.0. The van der Waals surface area contributed by atoms with Gasteiger partial charge in [-0.15, -0.1) is 0 Å². The molecule has 8 aromatic rings.